The summed E-state index contributed by atoms with van der Waals surface area (Å²) in [6, 6.07) is 0. The maximum Gasteiger partial charge on any atom is 0.452 e. The van der Waals surface area contributed by atoms with Crippen molar-refractivity contribution >= 4 is 7.85 Å². The second kappa shape index (κ2) is 2.40. The van der Waals surface area contributed by atoms with Crippen LogP contribution in [0.15, 0.2) is 0 Å². The highest BCUT2D eigenvalue weighted by molar-refractivity contribution is 6.12. The molecule has 0 saturated carbocycles. The molecule has 60 valence electrons. The standard InChI is InChI=1S/C4H6BF5/c1-2(5)3(6,7)4(8,9)10/h2H,5H2,1H3. The molecule has 1 unspecified atom stereocenters. The Balaban J connectivity index is 4.40. The van der Waals surface area contributed by atoms with E-state index in [0.717, 1.165) is 14.8 Å². The summed E-state index contributed by atoms with van der Waals surface area (Å²) in [5.74, 6) is -6.26. The zero-order valence-electron chi connectivity index (χ0n) is 5.47. The Morgan fingerprint density at radius 3 is 1.40 bits per heavy atom. The summed E-state index contributed by atoms with van der Waals surface area (Å²) in [7, 11) is 0.827. The predicted octanol–water partition coefficient (Wildman–Crippen LogP) is 1.63. The molecule has 10 heavy (non-hydrogen) atoms. The van der Waals surface area contributed by atoms with Crippen molar-refractivity contribution in [2.75, 3.05) is 0 Å². The molecule has 0 bridgehead atoms. The van der Waals surface area contributed by atoms with Crippen LogP contribution in [-0.2, 0) is 0 Å². The average molecular weight is 160 g/mol. The van der Waals surface area contributed by atoms with Gasteiger partial charge in [-0.2, -0.15) is 22.0 Å². The zero-order chi connectivity index (χ0) is 8.58. The van der Waals surface area contributed by atoms with Gasteiger partial charge in [-0.25, -0.2) is 0 Å². The van der Waals surface area contributed by atoms with Gasteiger partial charge < -0.3 is 0 Å². The van der Waals surface area contributed by atoms with Crippen LogP contribution in [0.3, 0.4) is 0 Å². The van der Waals surface area contributed by atoms with Gasteiger partial charge in [0.25, 0.3) is 0 Å². The molecule has 0 radical (unpaired) electrons. The number of rotatable bonds is 1. The van der Waals surface area contributed by atoms with Crippen LogP contribution in [-0.4, -0.2) is 19.9 Å². The first kappa shape index (κ1) is 9.71. The first-order chi connectivity index (χ1) is 4.19. The first-order valence-electron chi connectivity index (χ1n) is 2.64. The molecular formula is C4H6BF5. The quantitative estimate of drug-likeness (QED) is 0.403. The molecule has 0 amide bonds. The van der Waals surface area contributed by atoms with Crippen LogP contribution in [0.4, 0.5) is 22.0 Å². The molecule has 0 aromatic heterocycles. The minimum atomic E-state index is -5.42. The lowest BCUT2D eigenvalue weighted by Gasteiger charge is -2.22. The summed E-state index contributed by atoms with van der Waals surface area (Å²) >= 11 is 0. The van der Waals surface area contributed by atoms with Gasteiger partial charge in [-0.1, -0.05) is 6.92 Å². The lowest BCUT2D eigenvalue weighted by Crippen LogP contribution is -2.39. The van der Waals surface area contributed by atoms with E-state index in [1.54, 1.807) is 0 Å². The third-order valence-electron chi connectivity index (χ3n) is 1.10. The molecule has 0 aliphatic carbocycles. The second-order valence-electron chi connectivity index (χ2n) is 2.28. The van der Waals surface area contributed by atoms with Crippen LogP contribution in [0.25, 0.3) is 0 Å². The SMILES string of the molecule is BC(C)C(F)(F)C(F)(F)F. The fourth-order valence-corrected chi connectivity index (χ4v) is 0.327. The fourth-order valence-electron chi connectivity index (χ4n) is 0.327. The summed E-state index contributed by atoms with van der Waals surface area (Å²) in [4.78, 5) is 0. The summed E-state index contributed by atoms with van der Waals surface area (Å²) < 4.78 is 57.9. The van der Waals surface area contributed by atoms with Crippen molar-refractivity contribution in [1.29, 1.82) is 0 Å². The molecule has 0 nitrogen and oxygen atoms in total. The highest BCUT2D eigenvalue weighted by Gasteiger charge is 2.58. The van der Waals surface area contributed by atoms with Gasteiger partial charge in [-0.3, -0.25) is 0 Å². The van der Waals surface area contributed by atoms with Crippen molar-refractivity contribution in [3.63, 3.8) is 0 Å². The molecule has 0 aromatic rings. The Kier molecular flexibility index (Phi) is 2.33. The molecule has 0 fully saturated rings. The maximum atomic E-state index is 11.9. The molecule has 0 heterocycles. The summed E-state index contributed by atoms with van der Waals surface area (Å²) in [5.41, 5.74) is 0. The highest BCUT2D eigenvalue weighted by atomic mass is 19.4. The monoisotopic (exact) mass is 160 g/mol. The van der Waals surface area contributed by atoms with E-state index >= 15 is 0 Å². The smallest absolute Gasteiger partial charge is 0.197 e. The van der Waals surface area contributed by atoms with E-state index in [9.17, 15) is 22.0 Å². The van der Waals surface area contributed by atoms with E-state index in [1.165, 1.54) is 0 Å². The van der Waals surface area contributed by atoms with Gasteiger partial charge in [0.15, 0.2) is 0 Å². The van der Waals surface area contributed by atoms with E-state index < -0.39 is 17.9 Å². The third kappa shape index (κ3) is 1.61. The normalized spacial score (nSPS) is 17.0. The molecule has 1 atom stereocenters. The molecule has 6 heteroatoms. The Bertz CT molecular complexity index is 115. The topological polar surface area (TPSA) is 0 Å². The van der Waals surface area contributed by atoms with Crippen LogP contribution >= 0.6 is 0 Å². The van der Waals surface area contributed by atoms with Gasteiger partial charge in [0.2, 0.25) is 0 Å². The number of hydrogen-bond donors (Lipinski definition) is 0. The Hall–Kier alpha value is -0.285. The number of halogens is 5. The summed E-state index contributed by atoms with van der Waals surface area (Å²) in [5, 5.41) is 0. The molecular weight excluding hydrogens is 154 g/mol. The maximum absolute atomic E-state index is 11.9. The third-order valence-corrected chi connectivity index (χ3v) is 1.10. The van der Waals surface area contributed by atoms with Crippen LogP contribution in [0, 0.1) is 0 Å². The van der Waals surface area contributed by atoms with E-state index in [-0.39, 0.29) is 0 Å². The van der Waals surface area contributed by atoms with Crippen LogP contribution in [0.2, 0.25) is 5.82 Å². The highest BCUT2D eigenvalue weighted by Crippen LogP contribution is 2.42. The van der Waals surface area contributed by atoms with Crippen molar-refractivity contribution in [3.05, 3.63) is 0 Å². The lowest BCUT2D eigenvalue weighted by atomic mass is 9.83. The minimum absolute atomic E-state index is 0.827. The van der Waals surface area contributed by atoms with Crippen LogP contribution in [0.1, 0.15) is 6.92 Å². The van der Waals surface area contributed by atoms with Gasteiger partial charge in [0.1, 0.15) is 7.85 Å². The second-order valence-corrected chi connectivity index (χ2v) is 2.28. The number of alkyl halides is 5. The molecule has 0 spiro atoms. The van der Waals surface area contributed by atoms with Gasteiger partial charge in [0, 0.05) is 0 Å². The van der Waals surface area contributed by atoms with E-state index in [1.807, 2.05) is 0 Å². The zero-order valence-corrected chi connectivity index (χ0v) is 5.47. The van der Waals surface area contributed by atoms with Crippen molar-refractivity contribution < 1.29 is 22.0 Å². The molecule has 0 aliphatic heterocycles. The van der Waals surface area contributed by atoms with Gasteiger partial charge in [-0.05, 0) is 5.82 Å². The number of hydrogen-bond acceptors (Lipinski definition) is 0. The molecule has 0 rings (SSSR count). The van der Waals surface area contributed by atoms with E-state index in [4.69, 9.17) is 0 Å². The van der Waals surface area contributed by atoms with Crippen LogP contribution in [0.5, 0.6) is 0 Å². The Morgan fingerprint density at radius 2 is 1.40 bits per heavy atom. The predicted molar refractivity (Wildman–Crippen MR) is 29.0 cm³/mol. The average Bonchev–Trinajstić information content (AvgIpc) is 1.62. The largest absolute Gasteiger partial charge is 0.452 e. The van der Waals surface area contributed by atoms with Gasteiger partial charge in [-0.15, -0.1) is 0 Å². The molecule has 0 N–H and O–H groups in total. The Morgan fingerprint density at radius 1 is 1.10 bits per heavy atom. The summed E-state index contributed by atoms with van der Waals surface area (Å²) in [6.07, 6.45) is -5.42. The van der Waals surface area contributed by atoms with Crippen molar-refractivity contribution in [3.8, 4) is 0 Å². The Labute approximate surface area is 55.8 Å². The van der Waals surface area contributed by atoms with Crippen molar-refractivity contribution in [2.45, 2.75) is 24.8 Å². The van der Waals surface area contributed by atoms with Gasteiger partial charge >= 0.3 is 12.1 Å². The van der Waals surface area contributed by atoms with E-state index in [0.29, 0.717) is 0 Å². The van der Waals surface area contributed by atoms with Crippen molar-refractivity contribution in [2.24, 2.45) is 0 Å². The van der Waals surface area contributed by atoms with Crippen molar-refractivity contribution in [1.82, 2.24) is 0 Å². The van der Waals surface area contributed by atoms with Gasteiger partial charge in [0.05, 0.1) is 0 Å². The molecule has 0 saturated heterocycles. The van der Waals surface area contributed by atoms with E-state index in [2.05, 4.69) is 0 Å². The molecule has 0 aliphatic rings. The fraction of sp³-hybridized carbons (Fsp3) is 1.00. The summed E-state index contributed by atoms with van der Waals surface area (Å²) in [6.45, 7) is 0.827. The van der Waals surface area contributed by atoms with Crippen LogP contribution < -0.4 is 0 Å². The lowest BCUT2D eigenvalue weighted by molar-refractivity contribution is -0.281. The minimum Gasteiger partial charge on any atom is -0.197 e. The first-order valence-corrected chi connectivity index (χ1v) is 2.64. The molecule has 0 aromatic carbocycles.